The number of benzene rings is 1. The highest BCUT2D eigenvalue weighted by atomic mass is 19.4. The molecule has 3 rings (SSSR count). The molecule has 0 saturated heterocycles. The van der Waals surface area contributed by atoms with Gasteiger partial charge in [-0.2, -0.15) is 13.2 Å². The largest absolute Gasteiger partial charge is 0.416 e. The molecule has 2 aliphatic rings. The summed E-state index contributed by atoms with van der Waals surface area (Å²) in [5, 5.41) is 3.51. The standard InChI is InChI=1S/C16H20F3N/c17-16(18,19)13-5-3-4-12(10-13)15(8-1-2-9-15)11-20-14-6-7-14/h3-5,10,14,20H,1-2,6-9,11H2. The number of rotatable bonds is 4. The Kier molecular flexibility index (Phi) is 3.53. The minimum absolute atomic E-state index is 0.0934. The highest BCUT2D eigenvalue weighted by molar-refractivity contribution is 5.33. The zero-order valence-electron chi connectivity index (χ0n) is 11.5. The van der Waals surface area contributed by atoms with Crippen molar-refractivity contribution < 1.29 is 13.2 Å². The Balaban J connectivity index is 1.86. The topological polar surface area (TPSA) is 12.0 Å². The third kappa shape index (κ3) is 2.85. The van der Waals surface area contributed by atoms with E-state index in [2.05, 4.69) is 5.32 Å². The molecule has 0 aliphatic heterocycles. The molecule has 1 nitrogen and oxygen atoms in total. The van der Waals surface area contributed by atoms with E-state index >= 15 is 0 Å². The van der Waals surface area contributed by atoms with Crippen LogP contribution in [-0.4, -0.2) is 12.6 Å². The van der Waals surface area contributed by atoms with Crippen LogP contribution in [0.4, 0.5) is 13.2 Å². The van der Waals surface area contributed by atoms with E-state index in [1.54, 1.807) is 6.07 Å². The van der Waals surface area contributed by atoms with E-state index < -0.39 is 11.7 Å². The summed E-state index contributed by atoms with van der Waals surface area (Å²) in [6, 6.07) is 6.54. The number of nitrogens with one attached hydrogen (secondary N) is 1. The quantitative estimate of drug-likeness (QED) is 0.870. The SMILES string of the molecule is FC(F)(F)c1cccc(C2(CNC3CC3)CCCC2)c1. The van der Waals surface area contributed by atoms with Gasteiger partial charge in [-0.1, -0.05) is 31.0 Å². The molecule has 2 aliphatic carbocycles. The van der Waals surface area contributed by atoms with E-state index in [0.29, 0.717) is 6.04 Å². The first-order chi connectivity index (χ1) is 9.50. The summed E-state index contributed by atoms with van der Waals surface area (Å²) in [6.45, 7) is 0.818. The van der Waals surface area contributed by atoms with Crippen LogP contribution in [0.1, 0.15) is 49.7 Å². The summed E-state index contributed by atoms with van der Waals surface area (Å²) in [5.74, 6) is 0. The smallest absolute Gasteiger partial charge is 0.313 e. The Bertz CT molecular complexity index is 471. The summed E-state index contributed by atoms with van der Waals surface area (Å²) in [4.78, 5) is 0. The average Bonchev–Trinajstić information content (AvgIpc) is 3.13. The van der Waals surface area contributed by atoms with Gasteiger partial charge in [-0.15, -0.1) is 0 Å². The number of alkyl halides is 3. The molecule has 110 valence electrons. The minimum Gasteiger partial charge on any atom is -0.313 e. The molecule has 1 aromatic carbocycles. The van der Waals surface area contributed by atoms with Gasteiger partial charge in [0, 0.05) is 18.0 Å². The molecule has 0 heterocycles. The second-order valence-corrected chi connectivity index (χ2v) is 6.22. The van der Waals surface area contributed by atoms with Crippen LogP contribution >= 0.6 is 0 Å². The monoisotopic (exact) mass is 283 g/mol. The fourth-order valence-electron chi connectivity index (χ4n) is 3.27. The zero-order valence-corrected chi connectivity index (χ0v) is 11.5. The molecule has 0 amide bonds. The highest BCUT2D eigenvalue weighted by Crippen LogP contribution is 2.42. The first kappa shape index (κ1) is 13.9. The van der Waals surface area contributed by atoms with Gasteiger partial charge in [0.25, 0.3) is 0 Å². The lowest BCUT2D eigenvalue weighted by Crippen LogP contribution is -2.37. The second-order valence-electron chi connectivity index (χ2n) is 6.22. The van der Waals surface area contributed by atoms with Crippen molar-refractivity contribution >= 4 is 0 Å². The van der Waals surface area contributed by atoms with Crippen LogP contribution in [-0.2, 0) is 11.6 Å². The van der Waals surface area contributed by atoms with E-state index in [1.165, 1.54) is 25.0 Å². The van der Waals surface area contributed by atoms with E-state index in [1.807, 2.05) is 6.07 Å². The molecule has 0 radical (unpaired) electrons. The van der Waals surface area contributed by atoms with Crippen molar-refractivity contribution in [2.75, 3.05) is 6.54 Å². The molecule has 0 atom stereocenters. The van der Waals surface area contributed by atoms with Gasteiger partial charge in [-0.3, -0.25) is 0 Å². The number of hydrogen-bond donors (Lipinski definition) is 1. The van der Waals surface area contributed by atoms with Gasteiger partial charge < -0.3 is 5.32 Å². The molecule has 20 heavy (non-hydrogen) atoms. The lowest BCUT2D eigenvalue weighted by Gasteiger charge is -2.31. The van der Waals surface area contributed by atoms with Crippen molar-refractivity contribution in [3.05, 3.63) is 35.4 Å². The van der Waals surface area contributed by atoms with Crippen LogP contribution < -0.4 is 5.32 Å². The van der Waals surface area contributed by atoms with Crippen LogP contribution in [0.15, 0.2) is 24.3 Å². The summed E-state index contributed by atoms with van der Waals surface area (Å²) in [6.07, 6.45) is 2.38. The van der Waals surface area contributed by atoms with Crippen molar-refractivity contribution in [2.45, 2.75) is 56.2 Å². The predicted octanol–water partition coefficient (Wildman–Crippen LogP) is 4.27. The molecule has 4 heteroatoms. The highest BCUT2D eigenvalue weighted by Gasteiger charge is 2.39. The molecule has 2 saturated carbocycles. The van der Waals surface area contributed by atoms with Gasteiger partial charge >= 0.3 is 6.18 Å². The van der Waals surface area contributed by atoms with Gasteiger partial charge in [0.15, 0.2) is 0 Å². The summed E-state index contributed by atoms with van der Waals surface area (Å²) in [5.41, 5.74) is 0.245. The molecular formula is C16H20F3N. The van der Waals surface area contributed by atoms with Crippen molar-refractivity contribution in [3.8, 4) is 0 Å². The summed E-state index contributed by atoms with van der Waals surface area (Å²) in [7, 11) is 0. The lowest BCUT2D eigenvalue weighted by molar-refractivity contribution is -0.137. The zero-order chi connectivity index (χ0) is 14.2. The molecule has 0 bridgehead atoms. The van der Waals surface area contributed by atoms with Crippen LogP contribution in [0.2, 0.25) is 0 Å². The first-order valence-electron chi connectivity index (χ1n) is 7.41. The van der Waals surface area contributed by atoms with Crippen molar-refractivity contribution in [2.24, 2.45) is 0 Å². The third-order valence-corrected chi connectivity index (χ3v) is 4.67. The molecule has 0 spiro atoms. The molecule has 1 aromatic rings. The minimum atomic E-state index is -4.25. The van der Waals surface area contributed by atoms with Crippen molar-refractivity contribution in [1.82, 2.24) is 5.32 Å². The van der Waals surface area contributed by atoms with E-state index in [0.717, 1.165) is 37.8 Å². The molecular weight excluding hydrogens is 263 g/mol. The maximum absolute atomic E-state index is 12.9. The van der Waals surface area contributed by atoms with Crippen LogP contribution in [0.5, 0.6) is 0 Å². The molecule has 1 N–H and O–H groups in total. The van der Waals surface area contributed by atoms with Crippen molar-refractivity contribution in [1.29, 1.82) is 0 Å². The van der Waals surface area contributed by atoms with Gasteiger partial charge in [-0.25, -0.2) is 0 Å². The van der Waals surface area contributed by atoms with Gasteiger partial charge in [0.2, 0.25) is 0 Å². The molecule has 0 aromatic heterocycles. The Morgan fingerprint density at radius 1 is 1.15 bits per heavy atom. The summed E-state index contributed by atoms with van der Waals surface area (Å²) >= 11 is 0. The van der Waals surface area contributed by atoms with E-state index in [-0.39, 0.29) is 5.41 Å². The van der Waals surface area contributed by atoms with E-state index in [9.17, 15) is 13.2 Å². The predicted molar refractivity (Wildman–Crippen MR) is 72.6 cm³/mol. The van der Waals surface area contributed by atoms with Crippen LogP contribution in [0.3, 0.4) is 0 Å². The third-order valence-electron chi connectivity index (χ3n) is 4.67. The van der Waals surface area contributed by atoms with Gasteiger partial charge in [0.05, 0.1) is 5.56 Å². The maximum Gasteiger partial charge on any atom is 0.416 e. The fraction of sp³-hybridized carbons (Fsp3) is 0.625. The Morgan fingerprint density at radius 3 is 2.45 bits per heavy atom. The average molecular weight is 283 g/mol. The number of hydrogen-bond acceptors (Lipinski definition) is 1. The van der Waals surface area contributed by atoms with Crippen LogP contribution in [0.25, 0.3) is 0 Å². The first-order valence-corrected chi connectivity index (χ1v) is 7.41. The lowest BCUT2D eigenvalue weighted by atomic mass is 9.78. The van der Waals surface area contributed by atoms with Gasteiger partial charge in [-0.05, 0) is 37.3 Å². The molecule has 2 fully saturated rings. The second kappa shape index (κ2) is 5.06. The van der Waals surface area contributed by atoms with Gasteiger partial charge in [0.1, 0.15) is 0 Å². The van der Waals surface area contributed by atoms with E-state index in [4.69, 9.17) is 0 Å². The maximum atomic E-state index is 12.9. The Hall–Kier alpha value is -1.03. The summed E-state index contributed by atoms with van der Waals surface area (Å²) < 4.78 is 38.7. The Morgan fingerprint density at radius 2 is 1.85 bits per heavy atom. The normalized spacial score (nSPS) is 22.1. The Labute approximate surface area is 117 Å². The number of halogens is 3. The fourth-order valence-corrected chi connectivity index (χ4v) is 3.27. The van der Waals surface area contributed by atoms with Crippen LogP contribution in [0, 0.1) is 0 Å². The molecule has 0 unspecified atom stereocenters. The van der Waals surface area contributed by atoms with Crippen molar-refractivity contribution in [3.63, 3.8) is 0 Å².